The van der Waals surface area contributed by atoms with Gasteiger partial charge in [-0.1, -0.05) is 23.8 Å². The molecule has 1 aromatic heterocycles. The Balaban J connectivity index is 2.15. The molecule has 0 fully saturated rings. The molecule has 0 aliphatic rings. The number of nitrogens with two attached hydrogens (primary N) is 1. The fraction of sp³-hybridized carbons (Fsp3) is 0.0556. The molecule has 0 bridgehead atoms. The number of hydrogen-bond donors (Lipinski definition) is 1. The molecule has 0 unspecified atom stereocenters. The van der Waals surface area contributed by atoms with Crippen LogP contribution in [0.2, 0.25) is 0 Å². The molecule has 1 amide bonds. The van der Waals surface area contributed by atoms with Crippen LogP contribution in [0.3, 0.4) is 0 Å². The highest BCUT2D eigenvalue weighted by atomic mass is 16.3. The summed E-state index contributed by atoms with van der Waals surface area (Å²) in [6, 6.07) is 11.1. The van der Waals surface area contributed by atoms with Crippen LogP contribution in [-0.4, -0.2) is 11.7 Å². The zero-order chi connectivity index (χ0) is 16.6. The summed E-state index contributed by atoms with van der Waals surface area (Å²) in [6.07, 6.45) is 1.15. The minimum atomic E-state index is -0.638. The van der Waals surface area contributed by atoms with Gasteiger partial charge in [-0.2, -0.15) is 0 Å². The number of carbonyl (C=O) groups is 2. The van der Waals surface area contributed by atoms with Crippen molar-refractivity contribution in [2.24, 2.45) is 5.73 Å². The van der Waals surface area contributed by atoms with Crippen molar-refractivity contribution in [2.75, 3.05) is 0 Å². The van der Waals surface area contributed by atoms with Crippen LogP contribution in [0, 0.1) is 6.92 Å². The molecule has 0 radical (unpaired) electrons. The van der Waals surface area contributed by atoms with Gasteiger partial charge < -0.3 is 10.2 Å². The molecule has 5 heteroatoms. The van der Waals surface area contributed by atoms with Gasteiger partial charge in [0, 0.05) is 11.1 Å². The Hall–Kier alpha value is -3.21. The van der Waals surface area contributed by atoms with Crippen molar-refractivity contribution >= 4 is 22.7 Å². The van der Waals surface area contributed by atoms with E-state index in [1.165, 1.54) is 18.2 Å². The number of carbonyl (C=O) groups excluding carboxylic acids is 2. The highest BCUT2D eigenvalue weighted by Gasteiger charge is 2.17. The molecule has 23 heavy (non-hydrogen) atoms. The van der Waals surface area contributed by atoms with Crippen LogP contribution in [0.1, 0.15) is 31.8 Å². The fourth-order valence-electron chi connectivity index (χ4n) is 2.37. The molecule has 0 spiro atoms. The maximum atomic E-state index is 12.6. The Kier molecular flexibility index (Phi) is 3.54. The van der Waals surface area contributed by atoms with E-state index in [-0.39, 0.29) is 16.7 Å². The van der Waals surface area contributed by atoms with E-state index in [1.54, 1.807) is 18.2 Å². The lowest BCUT2D eigenvalue weighted by atomic mass is 10.0. The number of hydrogen-bond acceptors (Lipinski definition) is 4. The summed E-state index contributed by atoms with van der Waals surface area (Å²) < 4.78 is 5.39. The fourth-order valence-corrected chi connectivity index (χ4v) is 2.37. The van der Waals surface area contributed by atoms with Gasteiger partial charge in [0.25, 0.3) is 0 Å². The van der Waals surface area contributed by atoms with E-state index < -0.39 is 17.1 Å². The molecule has 1 heterocycles. The number of primary amides is 1. The minimum Gasteiger partial charge on any atom is -0.463 e. The van der Waals surface area contributed by atoms with E-state index >= 15 is 0 Å². The van der Waals surface area contributed by atoms with Crippen molar-refractivity contribution in [2.45, 2.75) is 6.92 Å². The summed E-state index contributed by atoms with van der Waals surface area (Å²) in [5.41, 5.74) is 6.46. The molecule has 2 N–H and O–H groups in total. The average molecular weight is 307 g/mol. The van der Waals surface area contributed by atoms with Crippen LogP contribution in [-0.2, 0) is 0 Å². The van der Waals surface area contributed by atoms with Crippen molar-refractivity contribution in [1.82, 2.24) is 0 Å². The molecule has 0 atom stereocenters. The lowest BCUT2D eigenvalue weighted by Crippen LogP contribution is -2.17. The Morgan fingerprint density at radius 2 is 1.78 bits per heavy atom. The van der Waals surface area contributed by atoms with Crippen LogP contribution in [0.25, 0.3) is 11.0 Å². The summed E-state index contributed by atoms with van der Waals surface area (Å²) in [7, 11) is 0. The lowest BCUT2D eigenvalue weighted by Gasteiger charge is -2.04. The predicted molar refractivity (Wildman–Crippen MR) is 85.6 cm³/mol. The quantitative estimate of drug-likeness (QED) is 0.752. The van der Waals surface area contributed by atoms with E-state index in [0.717, 1.165) is 11.8 Å². The van der Waals surface area contributed by atoms with Gasteiger partial charge in [-0.25, -0.2) is 0 Å². The van der Waals surface area contributed by atoms with Gasteiger partial charge in [0.1, 0.15) is 17.4 Å². The SMILES string of the molecule is Cc1ccc2occ(C(=O)c3cccc(C(N)=O)c3)c(=O)c2c1. The van der Waals surface area contributed by atoms with Crippen molar-refractivity contribution in [1.29, 1.82) is 0 Å². The van der Waals surface area contributed by atoms with Gasteiger partial charge in [0.2, 0.25) is 11.3 Å². The molecule has 114 valence electrons. The number of ketones is 1. The maximum absolute atomic E-state index is 12.6. The Morgan fingerprint density at radius 1 is 1.04 bits per heavy atom. The van der Waals surface area contributed by atoms with Crippen LogP contribution in [0.5, 0.6) is 0 Å². The molecule has 3 aromatic rings. The molecule has 0 saturated heterocycles. The van der Waals surface area contributed by atoms with Crippen LogP contribution in [0.15, 0.2) is 57.9 Å². The van der Waals surface area contributed by atoms with E-state index in [4.69, 9.17) is 10.2 Å². The van der Waals surface area contributed by atoms with Crippen LogP contribution in [0.4, 0.5) is 0 Å². The molecule has 0 aliphatic heterocycles. The van der Waals surface area contributed by atoms with Gasteiger partial charge in [-0.15, -0.1) is 0 Å². The van der Waals surface area contributed by atoms with E-state index in [1.807, 2.05) is 13.0 Å². The minimum absolute atomic E-state index is 0.0790. The first-order chi connectivity index (χ1) is 11.0. The molecule has 3 rings (SSSR count). The first-order valence-corrected chi connectivity index (χ1v) is 6.94. The third-order valence-corrected chi connectivity index (χ3v) is 3.58. The Labute approximate surface area is 131 Å². The lowest BCUT2D eigenvalue weighted by molar-refractivity contribution is 0.1000. The van der Waals surface area contributed by atoms with Gasteiger partial charge >= 0.3 is 0 Å². The summed E-state index contributed by atoms with van der Waals surface area (Å²) in [6.45, 7) is 1.85. The summed E-state index contributed by atoms with van der Waals surface area (Å²) >= 11 is 0. The van der Waals surface area contributed by atoms with Crippen molar-refractivity contribution < 1.29 is 14.0 Å². The molecule has 2 aromatic carbocycles. The third-order valence-electron chi connectivity index (χ3n) is 3.58. The summed E-state index contributed by atoms with van der Waals surface area (Å²) in [5.74, 6) is -1.15. The van der Waals surface area contributed by atoms with Crippen molar-refractivity contribution in [3.05, 3.63) is 81.2 Å². The van der Waals surface area contributed by atoms with Crippen molar-refractivity contribution in [3.63, 3.8) is 0 Å². The monoisotopic (exact) mass is 307 g/mol. The second-order valence-electron chi connectivity index (χ2n) is 5.25. The molecular weight excluding hydrogens is 294 g/mol. The second kappa shape index (κ2) is 5.53. The van der Waals surface area contributed by atoms with Crippen molar-refractivity contribution in [3.8, 4) is 0 Å². The van der Waals surface area contributed by atoms with Gasteiger partial charge in [-0.05, 0) is 31.2 Å². The molecule has 5 nitrogen and oxygen atoms in total. The normalized spacial score (nSPS) is 10.7. The average Bonchev–Trinajstić information content (AvgIpc) is 2.55. The topological polar surface area (TPSA) is 90.4 Å². The van der Waals surface area contributed by atoms with E-state index in [0.29, 0.717) is 11.0 Å². The van der Waals surface area contributed by atoms with E-state index in [2.05, 4.69) is 0 Å². The summed E-state index contributed by atoms with van der Waals surface area (Å²) in [4.78, 5) is 36.3. The number of rotatable bonds is 3. The van der Waals surface area contributed by atoms with E-state index in [9.17, 15) is 14.4 Å². The smallest absolute Gasteiger partial charge is 0.248 e. The van der Waals surface area contributed by atoms with Gasteiger partial charge in [-0.3, -0.25) is 14.4 Å². The first-order valence-electron chi connectivity index (χ1n) is 6.94. The number of fused-ring (bicyclic) bond motifs is 1. The molecule has 0 saturated carbocycles. The third kappa shape index (κ3) is 2.64. The zero-order valence-electron chi connectivity index (χ0n) is 12.3. The second-order valence-corrected chi connectivity index (χ2v) is 5.25. The Morgan fingerprint density at radius 3 is 2.52 bits per heavy atom. The highest BCUT2D eigenvalue weighted by Crippen LogP contribution is 2.16. The maximum Gasteiger partial charge on any atom is 0.248 e. The first kappa shape index (κ1) is 14.7. The zero-order valence-corrected chi connectivity index (χ0v) is 12.3. The number of aryl methyl sites for hydroxylation is 1. The van der Waals surface area contributed by atoms with Gasteiger partial charge in [0.15, 0.2) is 5.78 Å². The molecule has 0 aliphatic carbocycles. The Bertz CT molecular complexity index is 1000. The van der Waals surface area contributed by atoms with Gasteiger partial charge in [0.05, 0.1) is 5.39 Å². The number of benzene rings is 2. The number of amides is 1. The molecular formula is C18H13NO4. The largest absolute Gasteiger partial charge is 0.463 e. The highest BCUT2D eigenvalue weighted by molar-refractivity contribution is 6.10. The standard InChI is InChI=1S/C18H13NO4/c1-10-5-6-15-13(7-10)17(21)14(9-23-15)16(20)11-3-2-4-12(8-11)18(19)22/h2-9H,1H3,(H2,19,22). The summed E-state index contributed by atoms with van der Waals surface area (Å²) in [5, 5.41) is 0.349. The van der Waals surface area contributed by atoms with Crippen LogP contribution < -0.4 is 11.2 Å². The predicted octanol–water partition coefficient (Wildman–Crippen LogP) is 2.43. The van der Waals surface area contributed by atoms with Crippen LogP contribution >= 0.6 is 0 Å².